The molecule has 2 amide bonds. The third-order valence-corrected chi connectivity index (χ3v) is 2.72. The standard InChI is InChI=1S/C15H26F2N2O6/c1-8(2)6-9(19-14(23)25-15(3,4)5)11(20)18-10(12(21)22)7-24-13(16)17/h8-10,13H,6-7H2,1-5H3,(H,18,20)(H,19,23)(H,21,22)/t9-,10-/m0/s1. The summed E-state index contributed by atoms with van der Waals surface area (Å²) in [6, 6.07) is -2.75. The lowest BCUT2D eigenvalue weighted by molar-refractivity contribution is -0.156. The topological polar surface area (TPSA) is 114 Å². The molecule has 0 radical (unpaired) electrons. The first kappa shape index (κ1) is 23.0. The molecule has 0 bridgehead atoms. The van der Waals surface area contributed by atoms with Crippen LogP contribution in [0.15, 0.2) is 0 Å². The van der Waals surface area contributed by atoms with Crippen LogP contribution >= 0.6 is 0 Å². The van der Waals surface area contributed by atoms with E-state index < -0.39 is 48.9 Å². The summed E-state index contributed by atoms with van der Waals surface area (Å²) in [5.74, 6) is -2.37. The van der Waals surface area contributed by atoms with E-state index >= 15 is 0 Å². The van der Waals surface area contributed by atoms with Crippen molar-refractivity contribution in [2.24, 2.45) is 5.92 Å². The molecular weight excluding hydrogens is 342 g/mol. The molecule has 2 atom stereocenters. The van der Waals surface area contributed by atoms with Gasteiger partial charge in [0.15, 0.2) is 6.04 Å². The van der Waals surface area contributed by atoms with Gasteiger partial charge in [-0.05, 0) is 33.1 Å². The highest BCUT2D eigenvalue weighted by Gasteiger charge is 2.29. The minimum absolute atomic E-state index is 0.00808. The number of carbonyl (C=O) groups excluding carboxylic acids is 2. The molecule has 3 N–H and O–H groups in total. The maximum absolute atomic E-state index is 12.3. The number of hydrogen-bond donors (Lipinski definition) is 3. The highest BCUT2D eigenvalue weighted by atomic mass is 19.3. The van der Waals surface area contributed by atoms with E-state index in [9.17, 15) is 23.2 Å². The highest BCUT2D eigenvalue weighted by molar-refractivity contribution is 5.89. The van der Waals surface area contributed by atoms with E-state index in [2.05, 4.69) is 15.4 Å². The molecule has 146 valence electrons. The average molecular weight is 368 g/mol. The van der Waals surface area contributed by atoms with Gasteiger partial charge in [0.05, 0.1) is 6.61 Å². The van der Waals surface area contributed by atoms with E-state index in [1.807, 2.05) is 0 Å². The van der Waals surface area contributed by atoms with E-state index in [1.54, 1.807) is 34.6 Å². The molecule has 0 aliphatic heterocycles. The number of carboxylic acids is 1. The first-order valence-electron chi connectivity index (χ1n) is 7.74. The van der Waals surface area contributed by atoms with Crippen LogP contribution < -0.4 is 10.6 Å². The van der Waals surface area contributed by atoms with Crippen LogP contribution in [0.5, 0.6) is 0 Å². The molecule has 0 saturated heterocycles. The largest absolute Gasteiger partial charge is 0.480 e. The van der Waals surface area contributed by atoms with Gasteiger partial charge < -0.3 is 25.2 Å². The van der Waals surface area contributed by atoms with E-state index in [0.29, 0.717) is 0 Å². The number of amides is 2. The second-order valence-electron chi connectivity index (χ2n) is 6.82. The number of nitrogens with one attached hydrogen (secondary N) is 2. The van der Waals surface area contributed by atoms with Crippen molar-refractivity contribution in [2.45, 2.75) is 65.3 Å². The third kappa shape index (κ3) is 11.2. The van der Waals surface area contributed by atoms with Crippen molar-refractivity contribution in [1.82, 2.24) is 10.6 Å². The van der Waals surface area contributed by atoms with E-state index in [0.717, 1.165) is 0 Å². The zero-order valence-corrected chi connectivity index (χ0v) is 15.0. The SMILES string of the molecule is CC(C)C[C@H](NC(=O)OC(C)(C)C)C(=O)N[C@@H](COC(F)F)C(=O)O. The van der Waals surface area contributed by atoms with Crippen LogP contribution in [0.1, 0.15) is 41.0 Å². The Balaban J connectivity index is 4.96. The number of carboxylic acid groups (broad SMARTS) is 1. The Kier molecular flexibility index (Phi) is 9.32. The lowest BCUT2D eigenvalue weighted by Crippen LogP contribution is -2.54. The molecule has 8 nitrogen and oxygen atoms in total. The molecule has 0 rings (SSSR count). The summed E-state index contributed by atoms with van der Waals surface area (Å²) in [7, 11) is 0. The number of alkyl carbamates (subject to hydrolysis) is 1. The summed E-state index contributed by atoms with van der Waals surface area (Å²) in [5.41, 5.74) is -0.780. The Bertz CT molecular complexity index is 465. The van der Waals surface area contributed by atoms with Gasteiger partial charge in [0.1, 0.15) is 11.6 Å². The van der Waals surface area contributed by atoms with Crippen molar-refractivity contribution in [3.05, 3.63) is 0 Å². The summed E-state index contributed by atoms with van der Waals surface area (Å²) in [6.07, 6.45) is -0.642. The number of rotatable bonds is 9. The predicted molar refractivity (Wildman–Crippen MR) is 84.1 cm³/mol. The van der Waals surface area contributed by atoms with Gasteiger partial charge in [0.2, 0.25) is 5.91 Å². The molecule has 0 aliphatic carbocycles. The number of carbonyl (C=O) groups is 3. The Morgan fingerprint density at radius 1 is 1.08 bits per heavy atom. The van der Waals surface area contributed by atoms with Gasteiger partial charge in [0, 0.05) is 0 Å². The van der Waals surface area contributed by atoms with Crippen LogP contribution in [-0.4, -0.2) is 54.0 Å². The molecule has 0 fully saturated rings. The van der Waals surface area contributed by atoms with E-state index in [-0.39, 0.29) is 12.3 Å². The quantitative estimate of drug-likeness (QED) is 0.571. The molecule has 0 saturated carbocycles. The first-order valence-corrected chi connectivity index (χ1v) is 7.74. The molecule has 0 heterocycles. The van der Waals surface area contributed by atoms with E-state index in [1.165, 1.54) is 0 Å². The lowest BCUT2D eigenvalue weighted by atomic mass is 10.0. The zero-order valence-electron chi connectivity index (χ0n) is 15.0. The van der Waals surface area contributed by atoms with Crippen LogP contribution in [0, 0.1) is 5.92 Å². The second kappa shape index (κ2) is 10.1. The zero-order chi connectivity index (χ0) is 19.8. The van der Waals surface area contributed by atoms with Gasteiger partial charge in [-0.2, -0.15) is 8.78 Å². The van der Waals surface area contributed by atoms with Gasteiger partial charge in [-0.1, -0.05) is 13.8 Å². The van der Waals surface area contributed by atoms with Crippen molar-refractivity contribution in [3.8, 4) is 0 Å². The average Bonchev–Trinajstić information content (AvgIpc) is 2.39. The number of alkyl halides is 2. The highest BCUT2D eigenvalue weighted by Crippen LogP contribution is 2.10. The molecule has 0 spiro atoms. The van der Waals surface area contributed by atoms with Crippen LogP contribution in [-0.2, 0) is 19.1 Å². The fraction of sp³-hybridized carbons (Fsp3) is 0.800. The fourth-order valence-electron chi connectivity index (χ4n) is 1.77. The monoisotopic (exact) mass is 368 g/mol. The van der Waals surface area contributed by atoms with Crippen molar-refractivity contribution in [1.29, 1.82) is 0 Å². The molecular formula is C15H26F2N2O6. The third-order valence-electron chi connectivity index (χ3n) is 2.72. The minimum atomic E-state index is -3.16. The lowest BCUT2D eigenvalue weighted by Gasteiger charge is -2.25. The van der Waals surface area contributed by atoms with Crippen LogP contribution in [0.25, 0.3) is 0 Å². The Hall–Kier alpha value is -1.97. The molecule has 25 heavy (non-hydrogen) atoms. The van der Waals surface area contributed by atoms with Crippen molar-refractivity contribution in [2.75, 3.05) is 6.61 Å². The molecule has 0 aromatic carbocycles. The maximum Gasteiger partial charge on any atom is 0.408 e. The summed E-state index contributed by atoms with van der Waals surface area (Å²) in [6.45, 7) is 4.46. The van der Waals surface area contributed by atoms with Crippen LogP contribution in [0.4, 0.5) is 13.6 Å². The molecule has 0 aliphatic rings. The molecule has 10 heteroatoms. The van der Waals surface area contributed by atoms with Gasteiger partial charge in [0.25, 0.3) is 0 Å². The molecule has 0 unspecified atom stereocenters. The van der Waals surface area contributed by atoms with Crippen molar-refractivity contribution >= 4 is 18.0 Å². The normalized spacial score (nSPS) is 14.1. The molecule has 0 aromatic heterocycles. The Labute approximate surface area is 145 Å². The van der Waals surface area contributed by atoms with Gasteiger partial charge in [-0.3, -0.25) is 4.79 Å². The summed E-state index contributed by atoms with van der Waals surface area (Å²) in [5, 5.41) is 13.4. The van der Waals surface area contributed by atoms with Crippen molar-refractivity contribution in [3.63, 3.8) is 0 Å². The number of ether oxygens (including phenoxy) is 2. The van der Waals surface area contributed by atoms with Gasteiger partial charge >= 0.3 is 18.7 Å². The number of aliphatic carboxylic acids is 1. The maximum atomic E-state index is 12.3. The fourth-order valence-corrected chi connectivity index (χ4v) is 1.77. The minimum Gasteiger partial charge on any atom is -0.480 e. The van der Waals surface area contributed by atoms with Gasteiger partial charge in [-0.15, -0.1) is 0 Å². The Morgan fingerprint density at radius 3 is 2.04 bits per heavy atom. The Morgan fingerprint density at radius 2 is 1.64 bits per heavy atom. The number of halogens is 2. The first-order chi connectivity index (χ1) is 11.3. The summed E-state index contributed by atoms with van der Waals surface area (Å²) in [4.78, 5) is 35.1. The van der Waals surface area contributed by atoms with Crippen molar-refractivity contribution < 1.29 is 37.7 Å². The van der Waals surface area contributed by atoms with Crippen LogP contribution in [0.3, 0.4) is 0 Å². The second-order valence-corrected chi connectivity index (χ2v) is 6.82. The number of hydrogen-bond acceptors (Lipinski definition) is 5. The predicted octanol–water partition coefficient (Wildman–Crippen LogP) is 1.73. The summed E-state index contributed by atoms with van der Waals surface area (Å²) < 4.78 is 33.1. The summed E-state index contributed by atoms with van der Waals surface area (Å²) >= 11 is 0. The van der Waals surface area contributed by atoms with Crippen LogP contribution in [0.2, 0.25) is 0 Å². The smallest absolute Gasteiger partial charge is 0.408 e. The van der Waals surface area contributed by atoms with E-state index in [4.69, 9.17) is 9.84 Å². The van der Waals surface area contributed by atoms with Gasteiger partial charge in [-0.25, -0.2) is 9.59 Å². The molecule has 0 aromatic rings.